The first kappa shape index (κ1) is 18.6. The van der Waals surface area contributed by atoms with Crippen LogP contribution in [0.2, 0.25) is 0 Å². The van der Waals surface area contributed by atoms with Crippen LogP contribution < -0.4 is 14.9 Å². The number of rotatable bonds is 8. The lowest BCUT2D eigenvalue weighted by Gasteiger charge is -2.12. The molecule has 0 saturated carbocycles. The van der Waals surface area contributed by atoms with Crippen LogP contribution in [0, 0.1) is 0 Å². The van der Waals surface area contributed by atoms with Crippen LogP contribution in [-0.2, 0) is 16.6 Å². The van der Waals surface area contributed by atoms with Gasteiger partial charge in [-0.15, -0.1) is 0 Å². The second kappa shape index (κ2) is 8.48. The summed E-state index contributed by atoms with van der Waals surface area (Å²) in [6.07, 6.45) is 4.00. The molecule has 1 fully saturated rings. The van der Waals surface area contributed by atoms with E-state index in [9.17, 15) is 13.2 Å². The van der Waals surface area contributed by atoms with Gasteiger partial charge in [0.05, 0.1) is 43.9 Å². The predicted molar refractivity (Wildman–Crippen MR) is 96.3 cm³/mol. The largest absolute Gasteiger partial charge is 0.468 e. The third-order valence-electron chi connectivity index (χ3n) is 4.52. The topological polar surface area (TPSA) is 92.9 Å². The van der Waals surface area contributed by atoms with Crippen molar-refractivity contribution in [2.45, 2.75) is 24.3 Å². The van der Waals surface area contributed by atoms with E-state index >= 15 is 0 Å². The molecular formula is C18H24N3O4S+. The molecule has 8 heteroatoms. The fourth-order valence-corrected chi connectivity index (χ4v) is 4.02. The predicted octanol–water partition coefficient (Wildman–Crippen LogP) is 0.167. The Hall–Kier alpha value is -2.16. The first-order chi connectivity index (χ1) is 12.5. The number of sulfonamides is 1. The van der Waals surface area contributed by atoms with E-state index in [0.717, 1.165) is 6.54 Å². The minimum atomic E-state index is -3.65. The number of hydrogen-bond donors (Lipinski definition) is 3. The van der Waals surface area contributed by atoms with Gasteiger partial charge in [-0.1, -0.05) is 0 Å². The van der Waals surface area contributed by atoms with E-state index in [1.165, 1.54) is 61.4 Å². The molecule has 0 spiro atoms. The summed E-state index contributed by atoms with van der Waals surface area (Å²) >= 11 is 0. The highest BCUT2D eigenvalue weighted by atomic mass is 32.2. The van der Waals surface area contributed by atoms with Crippen molar-refractivity contribution >= 4 is 15.9 Å². The van der Waals surface area contributed by atoms with Gasteiger partial charge in [-0.2, -0.15) is 0 Å². The van der Waals surface area contributed by atoms with Gasteiger partial charge in [-0.05, 0) is 36.4 Å². The zero-order chi connectivity index (χ0) is 18.4. The van der Waals surface area contributed by atoms with Crippen LogP contribution in [0.5, 0.6) is 0 Å². The molecule has 7 nitrogen and oxygen atoms in total. The molecule has 26 heavy (non-hydrogen) atoms. The molecule has 1 aliphatic rings. The summed E-state index contributed by atoms with van der Waals surface area (Å²) in [4.78, 5) is 13.8. The fraction of sp³-hybridized carbons (Fsp3) is 0.389. The lowest BCUT2D eigenvalue weighted by atomic mass is 10.2. The van der Waals surface area contributed by atoms with E-state index in [4.69, 9.17) is 4.42 Å². The highest BCUT2D eigenvalue weighted by molar-refractivity contribution is 7.89. The molecule has 1 aromatic heterocycles. The molecule has 2 heterocycles. The van der Waals surface area contributed by atoms with E-state index < -0.39 is 10.0 Å². The molecule has 0 radical (unpaired) electrons. The van der Waals surface area contributed by atoms with Gasteiger partial charge in [-0.3, -0.25) is 4.79 Å². The Morgan fingerprint density at radius 3 is 2.50 bits per heavy atom. The van der Waals surface area contributed by atoms with Crippen LogP contribution in [-0.4, -0.2) is 40.5 Å². The molecule has 1 aromatic carbocycles. The van der Waals surface area contributed by atoms with Gasteiger partial charge in [0.15, 0.2) is 0 Å². The highest BCUT2D eigenvalue weighted by Gasteiger charge is 2.17. The average Bonchev–Trinajstić information content (AvgIpc) is 3.34. The first-order valence-electron chi connectivity index (χ1n) is 8.78. The summed E-state index contributed by atoms with van der Waals surface area (Å²) < 4.78 is 32.1. The number of likely N-dealkylation sites (tertiary alicyclic amines) is 1. The maximum atomic E-state index is 12.3. The van der Waals surface area contributed by atoms with E-state index in [-0.39, 0.29) is 17.3 Å². The van der Waals surface area contributed by atoms with Gasteiger partial charge in [0.25, 0.3) is 5.91 Å². The Kier molecular flexibility index (Phi) is 6.08. The molecule has 1 aliphatic heterocycles. The van der Waals surface area contributed by atoms with Crippen molar-refractivity contribution in [3.63, 3.8) is 0 Å². The van der Waals surface area contributed by atoms with Crippen molar-refractivity contribution < 1.29 is 22.5 Å². The summed E-state index contributed by atoms with van der Waals surface area (Å²) in [5, 5.41) is 2.89. The molecule has 0 aliphatic carbocycles. The molecule has 140 valence electrons. The maximum absolute atomic E-state index is 12.3. The molecule has 2 aromatic rings. The summed E-state index contributed by atoms with van der Waals surface area (Å²) in [5.41, 5.74) is 0.450. The maximum Gasteiger partial charge on any atom is 0.251 e. The van der Waals surface area contributed by atoms with E-state index in [2.05, 4.69) is 10.0 Å². The van der Waals surface area contributed by atoms with Gasteiger partial charge in [0.1, 0.15) is 5.76 Å². The van der Waals surface area contributed by atoms with Crippen LogP contribution in [0.3, 0.4) is 0 Å². The summed E-state index contributed by atoms with van der Waals surface area (Å²) in [7, 11) is -3.65. The smallest absolute Gasteiger partial charge is 0.251 e. The Balaban J connectivity index is 1.52. The number of amides is 1. The number of nitrogens with one attached hydrogen (secondary N) is 3. The van der Waals surface area contributed by atoms with Crippen molar-refractivity contribution in [3.05, 3.63) is 54.0 Å². The van der Waals surface area contributed by atoms with Crippen LogP contribution in [0.15, 0.2) is 52.0 Å². The third-order valence-corrected chi connectivity index (χ3v) is 5.94. The zero-order valence-electron chi connectivity index (χ0n) is 14.5. The third kappa shape index (κ3) is 4.94. The van der Waals surface area contributed by atoms with E-state index in [1.807, 2.05) is 0 Å². The normalized spacial score (nSPS) is 15.2. The van der Waals surface area contributed by atoms with Crippen molar-refractivity contribution in [1.82, 2.24) is 10.0 Å². The Labute approximate surface area is 153 Å². The molecular weight excluding hydrogens is 354 g/mol. The summed E-state index contributed by atoms with van der Waals surface area (Å²) in [6.45, 7) is 3.98. The number of quaternary nitrogens is 1. The van der Waals surface area contributed by atoms with Gasteiger partial charge >= 0.3 is 0 Å². The zero-order valence-corrected chi connectivity index (χ0v) is 15.3. The Morgan fingerprint density at radius 2 is 1.85 bits per heavy atom. The summed E-state index contributed by atoms with van der Waals surface area (Å²) in [6, 6.07) is 9.32. The fourth-order valence-electron chi connectivity index (χ4n) is 3.03. The van der Waals surface area contributed by atoms with Crippen LogP contribution in [0.25, 0.3) is 0 Å². The minimum absolute atomic E-state index is 0.0798. The van der Waals surface area contributed by atoms with Crippen LogP contribution >= 0.6 is 0 Å². The molecule has 1 saturated heterocycles. The van der Waals surface area contributed by atoms with Gasteiger partial charge in [0.2, 0.25) is 10.0 Å². The minimum Gasteiger partial charge on any atom is -0.468 e. The van der Waals surface area contributed by atoms with Gasteiger partial charge in [0, 0.05) is 18.4 Å². The first-order valence-corrected chi connectivity index (χ1v) is 10.3. The molecule has 0 unspecified atom stereocenters. The van der Waals surface area contributed by atoms with Crippen LogP contribution in [0.4, 0.5) is 0 Å². The number of furan rings is 1. The van der Waals surface area contributed by atoms with E-state index in [0.29, 0.717) is 17.9 Å². The molecule has 0 atom stereocenters. The van der Waals surface area contributed by atoms with Gasteiger partial charge < -0.3 is 14.6 Å². The number of carbonyl (C=O) groups excluding carboxylic acids is 1. The van der Waals surface area contributed by atoms with Crippen LogP contribution in [0.1, 0.15) is 29.0 Å². The lowest BCUT2D eigenvalue weighted by molar-refractivity contribution is -0.886. The second-order valence-corrected chi connectivity index (χ2v) is 8.16. The monoisotopic (exact) mass is 378 g/mol. The molecule has 0 bridgehead atoms. The molecule has 3 N–H and O–H groups in total. The van der Waals surface area contributed by atoms with Gasteiger partial charge in [-0.25, -0.2) is 13.1 Å². The Bertz CT molecular complexity index is 811. The van der Waals surface area contributed by atoms with E-state index in [1.54, 1.807) is 12.1 Å². The number of carbonyl (C=O) groups is 1. The SMILES string of the molecule is O=C(NCC[NH+]1CCCC1)c1ccc(S(=O)(=O)NCc2ccco2)cc1. The van der Waals surface area contributed by atoms with Crippen molar-refractivity contribution in [1.29, 1.82) is 0 Å². The second-order valence-electron chi connectivity index (χ2n) is 6.39. The molecule has 3 rings (SSSR count). The van der Waals surface area contributed by atoms with Crippen molar-refractivity contribution in [2.24, 2.45) is 0 Å². The number of hydrogen-bond acceptors (Lipinski definition) is 4. The quantitative estimate of drug-likeness (QED) is 0.610. The highest BCUT2D eigenvalue weighted by Crippen LogP contribution is 2.11. The average molecular weight is 378 g/mol. The Morgan fingerprint density at radius 1 is 1.12 bits per heavy atom. The van der Waals surface area contributed by atoms with Crippen molar-refractivity contribution in [3.8, 4) is 0 Å². The summed E-state index contributed by atoms with van der Waals surface area (Å²) in [5.74, 6) is 0.348. The lowest BCUT2D eigenvalue weighted by Crippen LogP contribution is -3.10. The number of benzene rings is 1. The molecule has 1 amide bonds. The van der Waals surface area contributed by atoms with Crippen molar-refractivity contribution in [2.75, 3.05) is 26.2 Å². The standard InChI is InChI=1S/C18H23N3O4S/c22-18(19-9-12-21-10-1-2-11-21)15-5-7-17(8-6-15)26(23,24)20-14-16-4-3-13-25-16/h3-8,13,20H,1-2,9-12,14H2,(H,19,22)/p+1.